The molecule has 140 valence electrons. The minimum atomic E-state index is 0.473. The summed E-state index contributed by atoms with van der Waals surface area (Å²) in [5.74, 6) is 2.73. The Morgan fingerprint density at radius 2 is 1.69 bits per heavy atom. The van der Waals surface area contributed by atoms with Crippen LogP contribution in [0, 0.1) is 0 Å². The topological polar surface area (TPSA) is 37.2 Å². The minimum absolute atomic E-state index is 0.473. The molecule has 3 heterocycles. The van der Waals surface area contributed by atoms with E-state index in [4.69, 9.17) is 11.6 Å². The van der Waals surface area contributed by atoms with Crippen LogP contribution in [0.4, 0.5) is 0 Å². The molecular weight excluding hydrogens is 346 g/mol. The molecule has 2 aliphatic heterocycles. The first-order chi connectivity index (χ1) is 12.7. The van der Waals surface area contributed by atoms with Crippen molar-refractivity contribution < 1.29 is 0 Å². The van der Waals surface area contributed by atoms with E-state index >= 15 is 0 Å². The molecule has 2 aliphatic rings. The summed E-state index contributed by atoms with van der Waals surface area (Å²) in [4.78, 5) is 5.02. The standard InChI is InChI=1S/C20H28ClN5/c1-24-19(15-25-10-2-3-11-25)22-23-20(24)17-5-4-12-26(14-17)13-16-6-8-18(21)9-7-16/h6-9,17H,2-5,10-15H2,1H3/t17-/m0/s1. The van der Waals surface area contributed by atoms with E-state index in [0.29, 0.717) is 5.92 Å². The SMILES string of the molecule is Cn1c(CN2CCCC2)nnc1[C@H]1CCCN(Cc2ccc(Cl)cc2)C1. The molecule has 2 saturated heterocycles. The van der Waals surface area contributed by atoms with E-state index in [-0.39, 0.29) is 0 Å². The number of nitrogens with zero attached hydrogens (tertiary/aromatic N) is 5. The fourth-order valence-electron chi connectivity index (χ4n) is 4.27. The second kappa shape index (κ2) is 8.07. The number of rotatable bonds is 5. The third kappa shape index (κ3) is 4.11. The second-order valence-electron chi connectivity index (χ2n) is 7.72. The zero-order valence-electron chi connectivity index (χ0n) is 15.6. The number of hydrogen-bond donors (Lipinski definition) is 0. The largest absolute Gasteiger partial charge is 0.317 e. The molecule has 1 atom stereocenters. The highest BCUT2D eigenvalue weighted by Gasteiger charge is 2.26. The van der Waals surface area contributed by atoms with E-state index < -0.39 is 0 Å². The van der Waals surface area contributed by atoms with Crippen LogP contribution in [0.15, 0.2) is 24.3 Å². The van der Waals surface area contributed by atoms with Gasteiger partial charge in [0.05, 0.1) is 6.54 Å². The number of aromatic nitrogens is 3. The van der Waals surface area contributed by atoms with Gasteiger partial charge in [-0.05, 0) is 63.0 Å². The van der Waals surface area contributed by atoms with Crippen molar-refractivity contribution in [3.63, 3.8) is 0 Å². The molecule has 1 aromatic carbocycles. The highest BCUT2D eigenvalue weighted by Crippen LogP contribution is 2.27. The summed E-state index contributed by atoms with van der Waals surface area (Å²) in [6.45, 7) is 6.51. The van der Waals surface area contributed by atoms with Gasteiger partial charge in [-0.25, -0.2) is 0 Å². The van der Waals surface area contributed by atoms with E-state index in [2.05, 4.69) is 43.7 Å². The van der Waals surface area contributed by atoms with Gasteiger partial charge in [-0.2, -0.15) is 0 Å². The monoisotopic (exact) mass is 373 g/mol. The van der Waals surface area contributed by atoms with Crippen molar-refractivity contribution >= 4 is 11.6 Å². The Morgan fingerprint density at radius 3 is 2.46 bits per heavy atom. The summed E-state index contributed by atoms with van der Waals surface area (Å²) in [5.41, 5.74) is 1.32. The van der Waals surface area contributed by atoms with Crippen molar-refractivity contribution in [3.05, 3.63) is 46.5 Å². The molecule has 0 N–H and O–H groups in total. The Labute approximate surface area is 161 Å². The number of hydrogen-bond acceptors (Lipinski definition) is 4. The fourth-order valence-corrected chi connectivity index (χ4v) is 4.39. The van der Waals surface area contributed by atoms with Crippen molar-refractivity contribution in [1.29, 1.82) is 0 Å². The molecule has 2 aromatic rings. The molecule has 6 heteroatoms. The van der Waals surface area contributed by atoms with Crippen LogP contribution in [0.2, 0.25) is 5.02 Å². The van der Waals surface area contributed by atoms with Gasteiger partial charge in [-0.1, -0.05) is 23.7 Å². The first-order valence-electron chi connectivity index (χ1n) is 9.76. The lowest BCUT2D eigenvalue weighted by atomic mass is 9.96. The molecule has 5 nitrogen and oxygen atoms in total. The van der Waals surface area contributed by atoms with Crippen LogP contribution in [0.1, 0.15) is 48.8 Å². The third-order valence-electron chi connectivity index (χ3n) is 5.75. The molecule has 0 saturated carbocycles. The third-order valence-corrected chi connectivity index (χ3v) is 6.00. The molecule has 26 heavy (non-hydrogen) atoms. The number of likely N-dealkylation sites (tertiary alicyclic amines) is 2. The summed E-state index contributed by atoms with van der Waals surface area (Å²) in [6, 6.07) is 8.21. The lowest BCUT2D eigenvalue weighted by Crippen LogP contribution is -2.35. The van der Waals surface area contributed by atoms with Crippen LogP contribution < -0.4 is 0 Å². The van der Waals surface area contributed by atoms with Crippen LogP contribution in [-0.4, -0.2) is 50.7 Å². The predicted molar refractivity (Wildman–Crippen MR) is 104 cm³/mol. The highest BCUT2D eigenvalue weighted by atomic mass is 35.5. The molecule has 1 aromatic heterocycles. The summed E-state index contributed by atoms with van der Waals surface area (Å²) in [7, 11) is 2.14. The quantitative estimate of drug-likeness (QED) is 0.804. The van der Waals surface area contributed by atoms with Crippen molar-refractivity contribution in [2.24, 2.45) is 7.05 Å². The zero-order chi connectivity index (χ0) is 17.9. The van der Waals surface area contributed by atoms with Gasteiger partial charge in [0.2, 0.25) is 0 Å². The number of piperidine rings is 1. The van der Waals surface area contributed by atoms with Gasteiger partial charge in [0, 0.05) is 31.1 Å². The molecule has 4 rings (SSSR count). The predicted octanol–water partition coefficient (Wildman–Crippen LogP) is 3.44. The maximum atomic E-state index is 6.00. The number of halogens is 1. The van der Waals surface area contributed by atoms with Crippen molar-refractivity contribution in [1.82, 2.24) is 24.6 Å². The van der Waals surface area contributed by atoms with Gasteiger partial charge >= 0.3 is 0 Å². The van der Waals surface area contributed by atoms with Gasteiger partial charge in [0.1, 0.15) is 11.6 Å². The average molecular weight is 374 g/mol. The van der Waals surface area contributed by atoms with Crippen LogP contribution >= 0.6 is 11.6 Å². The molecule has 0 amide bonds. The van der Waals surface area contributed by atoms with E-state index in [1.165, 1.54) is 44.3 Å². The van der Waals surface area contributed by atoms with Gasteiger partial charge in [0.25, 0.3) is 0 Å². The average Bonchev–Trinajstić information content (AvgIpc) is 3.28. The molecule has 0 unspecified atom stereocenters. The normalized spacial score (nSPS) is 22.2. The Hall–Kier alpha value is -1.43. The molecule has 0 spiro atoms. The Balaban J connectivity index is 1.41. The molecular formula is C20H28ClN5. The van der Waals surface area contributed by atoms with Crippen molar-refractivity contribution in [2.45, 2.75) is 44.7 Å². The fraction of sp³-hybridized carbons (Fsp3) is 0.600. The number of benzene rings is 1. The summed E-state index contributed by atoms with van der Waals surface area (Å²) in [5, 5.41) is 9.89. The van der Waals surface area contributed by atoms with Crippen molar-refractivity contribution in [3.8, 4) is 0 Å². The summed E-state index contributed by atoms with van der Waals surface area (Å²) < 4.78 is 2.24. The Kier molecular flexibility index (Phi) is 5.57. The Morgan fingerprint density at radius 1 is 0.962 bits per heavy atom. The van der Waals surface area contributed by atoms with Gasteiger partial charge in [-0.15, -0.1) is 10.2 Å². The lowest BCUT2D eigenvalue weighted by molar-refractivity contribution is 0.195. The molecule has 0 bridgehead atoms. The van der Waals surface area contributed by atoms with Gasteiger partial charge < -0.3 is 4.57 Å². The first kappa shape index (κ1) is 18.0. The summed E-state index contributed by atoms with van der Waals surface area (Å²) >= 11 is 6.00. The van der Waals surface area contributed by atoms with Crippen LogP contribution in [0.5, 0.6) is 0 Å². The van der Waals surface area contributed by atoms with Crippen LogP contribution in [0.3, 0.4) is 0 Å². The molecule has 0 aliphatic carbocycles. The van der Waals surface area contributed by atoms with E-state index in [0.717, 1.165) is 42.9 Å². The van der Waals surface area contributed by atoms with Crippen LogP contribution in [0.25, 0.3) is 0 Å². The zero-order valence-corrected chi connectivity index (χ0v) is 16.3. The minimum Gasteiger partial charge on any atom is -0.317 e. The first-order valence-corrected chi connectivity index (χ1v) is 10.1. The second-order valence-corrected chi connectivity index (χ2v) is 8.15. The Bertz CT molecular complexity index is 720. The van der Waals surface area contributed by atoms with Crippen LogP contribution in [-0.2, 0) is 20.1 Å². The maximum Gasteiger partial charge on any atom is 0.146 e. The maximum absolute atomic E-state index is 6.00. The van der Waals surface area contributed by atoms with Gasteiger partial charge in [-0.3, -0.25) is 9.80 Å². The molecule has 0 radical (unpaired) electrons. The van der Waals surface area contributed by atoms with E-state index in [9.17, 15) is 0 Å². The van der Waals surface area contributed by atoms with Gasteiger partial charge in [0.15, 0.2) is 0 Å². The lowest BCUT2D eigenvalue weighted by Gasteiger charge is -2.32. The highest BCUT2D eigenvalue weighted by molar-refractivity contribution is 6.30. The molecule has 2 fully saturated rings. The van der Waals surface area contributed by atoms with E-state index in [1.807, 2.05) is 12.1 Å². The smallest absolute Gasteiger partial charge is 0.146 e. The van der Waals surface area contributed by atoms with E-state index in [1.54, 1.807) is 0 Å². The van der Waals surface area contributed by atoms with Crippen molar-refractivity contribution in [2.75, 3.05) is 26.2 Å². The summed E-state index contributed by atoms with van der Waals surface area (Å²) in [6.07, 6.45) is 5.04.